The molecule has 2 aliphatic rings. The van der Waals surface area contributed by atoms with E-state index < -0.39 is 11.9 Å². The first-order valence-corrected chi connectivity index (χ1v) is 4.05. The Labute approximate surface area is 70.8 Å². The van der Waals surface area contributed by atoms with Gasteiger partial charge in [0, 0.05) is 0 Å². The molecule has 0 aromatic rings. The zero-order valence-corrected chi connectivity index (χ0v) is 7.15. The van der Waals surface area contributed by atoms with E-state index in [0.29, 0.717) is 6.61 Å². The van der Waals surface area contributed by atoms with Crippen LogP contribution in [0.25, 0.3) is 0 Å². The molecule has 4 nitrogen and oxygen atoms in total. The van der Waals surface area contributed by atoms with E-state index >= 15 is 0 Å². The van der Waals surface area contributed by atoms with Gasteiger partial charge in [0.05, 0.1) is 6.61 Å². The molecule has 4 heteroatoms. The van der Waals surface area contributed by atoms with Gasteiger partial charge in [0.1, 0.15) is 18.3 Å². The smallest absolute Gasteiger partial charge is 0.164 e. The van der Waals surface area contributed by atoms with E-state index in [1.807, 2.05) is 13.8 Å². The highest BCUT2D eigenvalue weighted by Crippen LogP contribution is 2.34. The molecule has 2 rings (SSSR count). The van der Waals surface area contributed by atoms with E-state index in [4.69, 9.17) is 14.2 Å². The van der Waals surface area contributed by atoms with E-state index in [1.54, 1.807) is 0 Å². The average Bonchev–Trinajstić information content (AvgIpc) is 2.42. The number of rotatable bonds is 1. The molecule has 0 bridgehead atoms. The predicted molar refractivity (Wildman–Crippen MR) is 39.6 cm³/mol. The quantitative estimate of drug-likeness (QED) is 0.526. The lowest BCUT2D eigenvalue weighted by atomic mass is 10.2. The van der Waals surface area contributed by atoms with Crippen LogP contribution < -0.4 is 0 Å². The molecule has 0 aromatic heterocycles. The Morgan fingerprint density at radius 1 is 1.42 bits per heavy atom. The Balaban J connectivity index is 2.11. The summed E-state index contributed by atoms with van der Waals surface area (Å²) in [5, 5.41) is 0. The van der Waals surface area contributed by atoms with E-state index in [0.717, 1.165) is 6.29 Å². The SMILES string of the molecule is CC1(C)OC2CO[C@@H](C=O)[C@H]2O1. The molecule has 0 aliphatic carbocycles. The maximum atomic E-state index is 10.5. The summed E-state index contributed by atoms with van der Waals surface area (Å²) in [4.78, 5) is 10.5. The second-order valence-electron chi connectivity index (χ2n) is 3.57. The van der Waals surface area contributed by atoms with Crippen molar-refractivity contribution in [3.8, 4) is 0 Å². The normalized spacial score (nSPS) is 44.3. The lowest BCUT2D eigenvalue weighted by molar-refractivity contribution is -0.174. The van der Waals surface area contributed by atoms with Crippen LogP contribution in [0, 0.1) is 0 Å². The van der Waals surface area contributed by atoms with Gasteiger partial charge in [-0.25, -0.2) is 0 Å². The Bertz CT molecular complexity index is 201. The van der Waals surface area contributed by atoms with Crippen molar-refractivity contribution >= 4 is 6.29 Å². The van der Waals surface area contributed by atoms with E-state index in [1.165, 1.54) is 0 Å². The fourth-order valence-electron chi connectivity index (χ4n) is 1.69. The highest BCUT2D eigenvalue weighted by molar-refractivity contribution is 5.58. The molecule has 12 heavy (non-hydrogen) atoms. The summed E-state index contributed by atoms with van der Waals surface area (Å²) >= 11 is 0. The summed E-state index contributed by atoms with van der Waals surface area (Å²) in [5.41, 5.74) is 0. The van der Waals surface area contributed by atoms with Gasteiger partial charge >= 0.3 is 0 Å². The van der Waals surface area contributed by atoms with Crippen LogP contribution in [0.3, 0.4) is 0 Å². The van der Waals surface area contributed by atoms with Gasteiger partial charge in [-0.2, -0.15) is 0 Å². The molecule has 2 saturated heterocycles. The number of fused-ring (bicyclic) bond motifs is 1. The van der Waals surface area contributed by atoms with Gasteiger partial charge in [-0.3, -0.25) is 0 Å². The number of carbonyl (C=O) groups is 1. The molecule has 0 amide bonds. The second kappa shape index (κ2) is 2.52. The first-order chi connectivity index (χ1) is 5.62. The molecule has 0 spiro atoms. The van der Waals surface area contributed by atoms with Gasteiger partial charge in [-0.05, 0) is 13.8 Å². The maximum Gasteiger partial charge on any atom is 0.164 e. The third-order valence-corrected chi connectivity index (χ3v) is 2.13. The van der Waals surface area contributed by atoms with Crippen molar-refractivity contribution in [2.45, 2.75) is 37.9 Å². The van der Waals surface area contributed by atoms with E-state index in [9.17, 15) is 4.79 Å². The molecule has 0 saturated carbocycles. The van der Waals surface area contributed by atoms with Crippen molar-refractivity contribution in [3.63, 3.8) is 0 Å². The van der Waals surface area contributed by atoms with Crippen LogP contribution in [0.2, 0.25) is 0 Å². The molecule has 0 radical (unpaired) electrons. The molecule has 2 heterocycles. The summed E-state index contributed by atoms with van der Waals surface area (Å²) in [6, 6.07) is 0. The summed E-state index contributed by atoms with van der Waals surface area (Å²) in [6.07, 6.45) is 0.0413. The zero-order valence-electron chi connectivity index (χ0n) is 7.15. The molecule has 0 N–H and O–H groups in total. The molecule has 2 aliphatic heterocycles. The summed E-state index contributed by atoms with van der Waals surface area (Å²) < 4.78 is 16.1. The van der Waals surface area contributed by atoms with Crippen LogP contribution in [0.5, 0.6) is 0 Å². The van der Waals surface area contributed by atoms with E-state index in [2.05, 4.69) is 0 Å². The fourth-order valence-corrected chi connectivity index (χ4v) is 1.69. The van der Waals surface area contributed by atoms with Crippen LogP contribution in [0.4, 0.5) is 0 Å². The number of hydrogen-bond acceptors (Lipinski definition) is 4. The number of carbonyl (C=O) groups excluding carboxylic acids is 1. The van der Waals surface area contributed by atoms with Crippen LogP contribution in [0.1, 0.15) is 13.8 Å². The maximum absolute atomic E-state index is 10.5. The second-order valence-corrected chi connectivity index (χ2v) is 3.57. The van der Waals surface area contributed by atoms with Crippen molar-refractivity contribution in [3.05, 3.63) is 0 Å². The predicted octanol–water partition coefficient (Wildman–Crippen LogP) is 0.104. The van der Waals surface area contributed by atoms with Gasteiger partial charge in [-0.1, -0.05) is 0 Å². The lowest BCUT2D eigenvalue weighted by Crippen LogP contribution is -2.30. The number of ether oxygens (including phenoxy) is 3. The highest BCUT2D eigenvalue weighted by atomic mass is 16.8. The largest absolute Gasteiger partial charge is 0.365 e. The van der Waals surface area contributed by atoms with Gasteiger partial charge in [0.15, 0.2) is 12.1 Å². The molecule has 68 valence electrons. The van der Waals surface area contributed by atoms with Crippen LogP contribution in [-0.2, 0) is 19.0 Å². The molecule has 1 unspecified atom stereocenters. The van der Waals surface area contributed by atoms with Crippen LogP contribution >= 0.6 is 0 Å². The van der Waals surface area contributed by atoms with Crippen molar-refractivity contribution in [1.82, 2.24) is 0 Å². The lowest BCUT2D eigenvalue weighted by Gasteiger charge is -2.19. The highest BCUT2D eigenvalue weighted by Gasteiger charge is 2.49. The number of aldehydes is 1. The van der Waals surface area contributed by atoms with Crippen LogP contribution in [-0.4, -0.2) is 37.0 Å². The van der Waals surface area contributed by atoms with E-state index in [-0.39, 0.29) is 12.2 Å². The monoisotopic (exact) mass is 172 g/mol. The van der Waals surface area contributed by atoms with Crippen molar-refractivity contribution in [2.75, 3.05) is 6.61 Å². The topological polar surface area (TPSA) is 44.8 Å². The Morgan fingerprint density at radius 3 is 2.83 bits per heavy atom. The summed E-state index contributed by atoms with van der Waals surface area (Å²) in [6.45, 7) is 4.14. The Kier molecular flexibility index (Phi) is 1.71. The molecular formula is C8H12O4. The third kappa shape index (κ3) is 1.16. The molecule has 3 atom stereocenters. The van der Waals surface area contributed by atoms with Crippen LogP contribution in [0.15, 0.2) is 0 Å². The first-order valence-electron chi connectivity index (χ1n) is 4.05. The summed E-state index contributed by atoms with van der Waals surface area (Å²) in [7, 11) is 0. The minimum absolute atomic E-state index is 0.0739. The third-order valence-electron chi connectivity index (χ3n) is 2.13. The minimum atomic E-state index is -0.569. The zero-order chi connectivity index (χ0) is 8.77. The standard InChI is InChI=1S/C8H12O4/c1-8(2)11-6-4-10-5(3-9)7(6)12-8/h3,5-7H,4H2,1-2H3/t5-,6?,7+/m0/s1. The number of hydrogen-bond donors (Lipinski definition) is 0. The fraction of sp³-hybridized carbons (Fsp3) is 0.875. The first kappa shape index (κ1) is 8.16. The van der Waals surface area contributed by atoms with Crippen molar-refractivity contribution < 1.29 is 19.0 Å². The van der Waals surface area contributed by atoms with Gasteiger partial charge in [0.2, 0.25) is 0 Å². The van der Waals surface area contributed by atoms with Crippen molar-refractivity contribution in [2.24, 2.45) is 0 Å². The summed E-state index contributed by atoms with van der Waals surface area (Å²) in [5.74, 6) is -0.569. The minimum Gasteiger partial charge on any atom is -0.365 e. The Morgan fingerprint density at radius 2 is 2.17 bits per heavy atom. The Hall–Kier alpha value is -0.450. The van der Waals surface area contributed by atoms with Gasteiger partial charge in [-0.15, -0.1) is 0 Å². The van der Waals surface area contributed by atoms with Gasteiger partial charge < -0.3 is 19.0 Å². The average molecular weight is 172 g/mol. The molecular weight excluding hydrogens is 160 g/mol. The molecule has 0 aromatic carbocycles. The van der Waals surface area contributed by atoms with Crippen molar-refractivity contribution in [1.29, 1.82) is 0 Å². The van der Waals surface area contributed by atoms with Gasteiger partial charge in [0.25, 0.3) is 0 Å². The molecule has 2 fully saturated rings.